The highest BCUT2D eigenvalue weighted by Crippen LogP contribution is 2.32. The second-order valence-electron chi connectivity index (χ2n) is 3.95. The Balaban J connectivity index is 2.67. The van der Waals surface area contributed by atoms with Crippen LogP contribution >= 0.6 is 0 Å². The maximum atomic E-state index is 11.8. The third kappa shape index (κ3) is 1.79. The summed E-state index contributed by atoms with van der Waals surface area (Å²) in [5.41, 5.74) is -6.93. The van der Waals surface area contributed by atoms with Crippen molar-refractivity contribution in [2.24, 2.45) is 0 Å². The van der Waals surface area contributed by atoms with E-state index < -0.39 is 51.8 Å². The molecule has 1 aliphatic rings. The summed E-state index contributed by atoms with van der Waals surface area (Å²) in [7, 11) is 0.940. The highest BCUT2D eigenvalue weighted by atomic mass is 16.7. The van der Waals surface area contributed by atoms with Gasteiger partial charge in [0.15, 0.2) is 0 Å². The van der Waals surface area contributed by atoms with Crippen molar-refractivity contribution in [3.8, 4) is 0 Å². The van der Waals surface area contributed by atoms with Crippen molar-refractivity contribution < 1.29 is 23.9 Å². The summed E-state index contributed by atoms with van der Waals surface area (Å²) in [5, 5.41) is 3.03. The topological polar surface area (TPSA) is 135 Å². The zero-order valence-electron chi connectivity index (χ0n) is 10.00. The molecule has 0 bridgehead atoms. The molecule has 0 saturated carbocycles. The third-order valence-corrected chi connectivity index (χ3v) is 2.78. The summed E-state index contributed by atoms with van der Waals surface area (Å²) in [6.45, 7) is 0. The molecule has 2 rings (SSSR count). The van der Waals surface area contributed by atoms with Gasteiger partial charge in [-0.05, 0) is 0 Å². The monoisotopic (exact) mass is 280 g/mol. The zero-order valence-corrected chi connectivity index (χ0v) is 10.00. The molecule has 1 heterocycles. The molecule has 20 heavy (non-hydrogen) atoms. The summed E-state index contributed by atoms with van der Waals surface area (Å²) >= 11 is 0. The van der Waals surface area contributed by atoms with E-state index in [-0.39, 0.29) is 0 Å². The Morgan fingerprint density at radius 3 is 2.25 bits per heavy atom. The standard InChI is InChI=1S/C11H6NO8/c1-19-10(18)20-11(3-6(14)12-9(11)17)4-2-5(13)8(16)7(4)15/h2H,3H2,1H3. The quantitative estimate of drug-likeness (QED) is 0.334. The fourth-order valence-corrected chi connectivity index (χ4v) is 1.86. The van der Waals surface area contributed by atoms with E-state index in [1.807, 2.05) is 0 Å². The van der Waals surface area contributed by atoms with Gasteiger partial charge >= 0.3 is 6.16 Å². The smallest absolute Gasteiger partial charge is 0.438 e. The van der Waals surface area contributed by atoms with Crippen LogP contribution < -0.4 is 21.6 Å². The minimum absolute atomic E-state index is 0.569. The second-order valence-corrected chi connectivity index (χ2v) is 3.95. The van der Waals surface area contributed by atoms with E-state index in [2.05, 4.69) is 14.8 Å². The Labute approximate surface area is 109 Å². The average molecular weight is 280 g/mol. The second kappa shape index (κ2) is 4.37. The van der Waals surface area contributed by atoms with Gasteiger partial charge in [-0.3, -0.25) is 24.0 Å². The van der Waals surface area contributed by atoms with Crippen molar-refractivity contribution in [3.63, 3.8) is 0 Å². The lowest BCUT2D eigenvalue weighted by Gasteiger charge is -2.22. The van der Waals surface area contributed by atoms with Crippen LogP contribution in [0.2, 0.25) is 0 Å². The Hall–Kier alpha value is -2.84. The lowest BCUT2D eigenvalue weighted by atomic mass is 9.93. The van der Waals surface area contributed by atoms with E-state index in [9.17, 15) is 28.8 Å². The van der Waals surface area contributed by atoms with Crippen molar-refractivity contribution in [2.75, 3.05) is 7.11 Å². The summed E-state index contributed by atoms with van der Waals surface area (Å²) in [6, 6.07) is 0.569. The van der Waals surface area contributed by atoms with E-state index in [1.165, 1.54) is 0 Å². The molecule has 1 aromatic rings. The molecule has 103 valence electrons. The first-order valence-electron chi connectivity index (χ1n) is 5.23. The summed E-state index contributed by atoms with van der Waals surface area (Å²) in [4.78, 5) is 68.3. The number of nitrogens with zero attached hydrogens (tertiary/aromatic N) is 1. The normalized spacial score (nSPS) is 21.6. The number of methoxy groups -OCH3 is 1. The summed E-state index contributed by atoms with van der Waals surface area (Å²) in [5.74, 6) is -2.19. The van der Waals surface area contributed by atoms with E-state index in [0.29, 0.717) is 6.07 Å². The van der Waals surface area contributed by atoms with E-state index >= 15 is 0 Å². The fraction of sp³-hybridized carbons (Fsp3) is 0.273. The summed E-state index contributed by atoms with van der Waals surface area (Å²) < 4.78 is 8.86. The van der Waals surface area contributed by atoms with Gasteiger partial charge in [-0.25, -0.2) is 4.79 Å². The number of rotatable bonds is 2. The van der Waals surface area contributed by atoms with E-state index in [4.69, 9.17) is 0 Å². The van der Waals surface area contributed by atoms with Crippen LogP contribution in [0.4, 0.5) is 4.79 Å². The van der Waals surface area contributed by atoms with Crippen LogP contribution in [0, 0.1) is 0 Å². The number of imide groups is 1. The van der Waals surface area contributed by atoms with Gasteiger partial charge in [-0.2, -0.15) is 5.32 Å². The van der Waals surface area contributed by atoms with Crippen LogP contribution in [0.5, 0.6) is 0 Å². The lowest BCUT2D eigenvalue weighted by molar-refractivity contribution is -0.139. The van der Waals surface area contributed by atoms with Gasteiger partial charge in [-0.15, -0.1) is 0 Å². The molecule has 1 fully saturated rings. The third-order valence-electron chi connectivity index (χ3n) is 2.78. The minimum atomic E-state index is -2.40. The molecule has 1 saturated heterocycles. The molecule has 2 amide bonds. The molecule has 0 N–H and O–H groups in total. The van der Waals surface area contributed by atoms with Crippen molar-refractivity contribution in [1.29, 1.82) is 0 Å². The number of ether oxygens (including phenoxy) is 2. The molecule has 9 heteroatoms. The van der Waals surface area contributed by atoms with Gasteiger partial charge in [0, 0.05) is 6.07 Å². The van der Waals surface area contributed by atoms with Gasteiger partial charge in [-0.1, -0.05) is 0 Å². The highest BCUT2D eigenvalue weighted by molar-refractivity contribution is 6.08. The zero-order chi connectivity index (χ0) is 15.1. The number of carbonyl (C=O) groups excluding carboxylic acids is 3. The molecule has 0 aliphatic carbocycles. The Morgan fingerprint density at radius 2 is 1.85 bits per heavy atom. The predicted octanol–water partition coefficient (Wildman–Crippen LogP) is -2.32. The SMILES string of the molecule is COC(=O)OC1(c2cc(=O)c(=O)c2=O)CC(=O)[N]C1=O. The van der Waals surface area contributed by atoms with Crippen molar-refractivity contribution in [2.45, 2.75) is 12.0 Å². The van der Waals surface area contributed by atoms with Crippen LogP contribution in [-0.2, 0) is 24.7 Å². The van der Waals surface area contributed by atoms with Gasteiger partial charge in [0.05, 0.1) is 19.1 Å². The molecule has 1 aromatic carbocycles. The predicted molar refractivity (Wildman–Crippen MR) is 59.6 cm³/mol. The van der Waals surface area contributed by atoms with Gasteiger partial charge in [0.1, 0.15) is 0 Å². The van der Waals surface area contributed by atoms with Gasteiger partial charge in [0.2, 0.25) is 16.5 Å². The molecule has 0 aromatic heterocycles. The molecule has 0 spiro atoms. The Morgan fingerprint density at radius 1 is 1.20 bits per heavy atom. The lowest BCUT2D eigenvalue weighted by Crippen LogP contribution is -2.43. The largest absolute Gasteiger partial charge is 0.509 e. The number of hydrogen-bond donors (Lipinski definition) is 0. The number of carbonyl (C=O) groups is 3. The Kier molecular flexibility index (Phi) is 2.97. The van der Waals surface area contributed by atoms with Crippen LogP contribution in [0.3, 0.4) is 0 Å². The first kappa shape index (κ1) is 13.6. The van der Waals surface area contributed by atoms with Crippen LogP contribution in [-0.4, -0.2) is 25.1 Å². The van der Waals surface area contributed by atoms with Crippen molar-refractivity contribution in [1.82, 2.24) is 5.32 Å². The molecule has 1 radical (unpaired) electrons. The van der Waals surface area contributed by atoms with Crippen LogP contribution in [0.1, 0.15) is 12.0 Å². The van der Waals surface area contributed by atoms with E-state index in [0.717, 1.165) is 7.11 Å². The highest BCUT2D eigenvalue weighted by Gasteiger charge is 2.55. The minimum Gasteiger partial charge on any atom is -0.438 e. The van der Waals surface area contributed by atoms with Crippen LogP contribution in [0.15, 0.2) is 20.4 Å². The van der Waals surface area contributed by atoms with Crippen molar-refractivity contribution >= 4 is 18.0 Å². The van der Waals surface area contributed by atoms with Gasteiger partial charge < -0.3 is 9.47 Å². The maximum absolute atomic E-state index is 11.8. The van der Waals surface area contributed by atoms with Crippen molar-refractivity contribution in [3.05, 3.63) is 42.3 Å². The Bertz CT molecular complexity index is 756. The average Bonchev–Trinajstić information content (AvgIpc) is 2.81. The molecular formula is C11H6NO8. The first-order valence-corrected chi connectivity index (χ1v) is 5.23. The number of hydrogen-bond acceptors (Lipinski definition) is 8. The maximum Gasteiger partial charge on any atom is 0.509 e. The molecule has 1 aliphatic heterocycles. The van der Waals surface area contributed by atoms with Gasteiger partial charge in [0.25, 0.3) is 17.2 Å². The summed E-state index contributed by atoms with van der Waals surface area (Å²) in [6.07, 6.45) is -2.12. The van der Waals surface area contributed by atoms with E-state index in [1.54, 1.807) is 0 Å². The molecular weight excluding hydrogens is 274 g/mol. The van der Waals surface area contributed by atoms with Crippen LogP contribution in [0.25, 0.3) is 0 Å². The number of amides is 2. The fourth-order valence-electron chi connectivity index (χ4n) is 1.86. The molecule has 9 nitrogen and oxygen atoms in total. The molecule has 1 atom stereocenters. The molecule has 1 unspecified atom stereocenters. The first-order chi connectivity index (χ1) is 9.31.